The molecule has 8 aromatic rings. The predicted molar refractivity (Wildman–Crippen MR) is 279 cm³/mol. The molecule has 0 aliphatic heterocycles. The number of hydrogen-bond acceptors (Lipinski definition) is 11. The summed E-state index contributed by atoms with van der Waals surface area (Å²) in [7, 11) is 0. The van der Waals surface area contributed by atoms with Gasteiger partial charge >= 0.3 is 12.1 Å². The lowest BCUT2D eigenvalue weighted by atomic mass is 9.92. The lowest BCUT2D eigenvalue weighted by Crippen LogP contribution is -2.38. The summed E-state index contributed by atoms with van der Waals surface area (Å²) in [5.41, 5.74) is 5.27. The highest BCUT2D eigenvalue weighted by Crippen LogP contribution is 2.31. The molecule has 0 unspecified atom stereocenters. The number of hydrogen-bond donors (Lipinski definition) is 4. The molecule has 0 atom stereocenters. The lowest BCUT2D eigenvalue weighted by molar-refractivity contribution is -0.116. The van der Waals surface area contributed by atoms with Crippen molar-refractivity contribution in [2.45, 2.75) is 91.4 Å². The monoisotopic (exact) mass is 993 g/mol. The Morgan fingerprint density at radius 2 is 1.28 bits per heavy atom. The molecule has 5 amide bonds. The maximum absolute atomic E-state index is 14.6. The van der Waals surface area contributed by atoms with Gasteiger partial charge in [0.2, 0.25) is 5.91 Å². The fraction of sp³-hybridized carbons (Fsp3) is 0.288. The second kappa shape index (κ2) is 21.6. The number of carbonyl (C=O) groups is 3. The normalized spacial score (nSPS) is 11.6. The molecule has 0 aliphatic carbocycles. The van der Waals surface area contributed by atoms with E-state index in [1.165, 1.54) is 44.4 Å². The Hall–Kier alpha value is -7.64. The number of thiazole rings is 2. The number of aromatic nitrogens is 8. The van der Waals surface area contributed by atoms with Crippen molar-refractivity contribution in [2.24, 2.45) is 0 Å². The van der Waals surface area contributed by atoms with Crippen molar-refractivity contribution >= 4 is 68.4 Å². The minimum Gasteiger partial charge on any atom is -0.311 e. The molecule has 16 nitrogen and oxygen atoms in total. The standard InChI is InChI=1S/C52H56FN13O3S2/c1-33-11-15-37(16-12-33)65-44(29-41(62-65)51(2,3)4)59-47(68)60-48-56-31-40(70-48)18-14-35-21-25-55-43(27-35)58-45(67)22-26-64(46-30-42(52(5,6)7)63-66(46)38-10-8-9-36(53)28-38)50(69)61-49-57-32-39(71-49)17-13-34-19-23-54-24-20-34/h8-12,15-16,19-21,23-25,27-32H,13-14,17-18,22,26H2,1-7H3,(H,55,58,67)(H,57,61,69)(H2,56,59,60,68). The van der Waals surface area contributed by atoms with Gasteiger partial charge in [-0.1, -0.05) is 65.3 Å². The van der Waals surface area contributed by atoms with Gasteiger partial charge < -0.3 is 5.32 Å². The van der Waals surface area contributed by atoms with E-state index in [0.29, 0.717) is 51.9 Å². The summed E-state index contributed by atoms with van der Waals surface area (Å²) >= 11 is 2.74. The van der Waals surface area contributed by atoms with E-state index in [4.69, 9.17) is 10.2 Å². The van der Waals surface area contributed by atoms with Crippen LogP contribution < -0.4 is 26.2 Å². The topological polar surface area (TPSA) is 190 Å². The van der Waals surface area contributed by atoms with E-state index in [2.05, 4.69) is 62.0 Å². The number of benzene rings is 2. The van der Waals surface area contributed by atoms with Crippen LogP contribution in [0.1, 0.15) is 85.8 Å². The molecule has 0 aliphatic rings. The third-order valence-electron chi connectivity index (χ3n) is 11.3. The van der Waals surface area contributed by atoms with Crippen molar-refractivity contribution in [1.29, 1.82) is 0 Å². The average molecular weight is 994 g/mol. The fourth-order valence-electron chi connectivity index (χ4n) is 7.33. The van der Waals surface area contributed by atoms with Crippen molar-refractivity contribution in [2.75, 3.05) is 32.7 Å². The smallest absolute Gasteiger partial charge is 0.311 e. The van der Waals surface area contributed by atoms with Crippen molar-refractivity contribution in [3.05, 3.63) is 160 Å². The number of nitrogens with zero attached hydrogens (tertiary/aromatic N) is 9. The molecule has 0 saturated carbocycles. The van der Waals surface area contributed by atoms with E-state index < -0.39 is 23.3 Å². The van der Waals surface area contributed by atoms with E-state index in [0.717, 1.165) is 50.7 Å². The first-order valence-corrected chi connectivity index (χ1v) is 24.8. The quantitative estimate of drug-likeness (QED) is 0.0730. The van der Waals surface area contributed by atoms with Crippen LogP contribution in [0, 0.1) is 12.7 Å². The number of halogens is 1. The first-order valence-electron chi connectivity index (χ1n) is 23.2. The van der Waals surface area contributed by atoms with E-state index in [9.17, 15) is 18.8 Å². The predicted octanol–water partition coefficient (Wildman–Crippen LogP) is 11.1. The highest BCUT2D eigenvalue weighted by Gasteiger charge is 2.28. The van der Waals surface area contributed by atoms with Crippen LogP contribution in [0.25, 0.3) is 11.4 Å². The van der Waals surface area contributed by atoms with Gasteiger partial charge in [-0.05, 0) is 98.3 Å². The Kier molecular flexibility index (Phi) is 15.1. The van der Waals surface area contributed by atoms with Crippen molar-refractivity contribution in [3.63, 3.8) is 0 Å². The summed E-state index contributed by atoms with van der Waals surface area (Å²) in [5.74, 6) is 0.405. The molecule has 2 aromatic carbocycles. The maximum atomic E-state index is 14.6. The van der Waals surface area contributed by atoms with Gasteiger partial charge in [-0.15, -0.1) is 22.7 Å². The SMILES string of the molecule is Cc1ccc(-n2nc(C(C)(C)C)cc2NC(=O)Nc2ncc(CCc3ccnc(NC(=O)CCN(C(=O)Nc4ncc(CCc5ccncc5)s4)c4cc(C(C)(C)C)nn4-c4cccc(F)c4)c3)s2)cc1. The van der Waals surface area contributed by atoms with Crippen LogP contribution in [0.4, 0.5) is 41.7 Å². The number of aryl methyl sites for hydroxylation is 5. The number of amides is 5. The van der Waals surface area contributed by atoms with Crippen LogP contribution in [0.15, 0.2) is 116 Å². The van der Waals surface area contributed by atoms with E-state index in [1.807, 2.05) is 82.3 Å². The molecule has 0 bridgehead atoms. The molecule has 0 spiro atoms. The molecule has 0 radical (unpaired) electrons. The first-order chi connectivity index (χ1) is 33.9. The van der Waals surface area contributed by atoms with Gasteiger partial charge in [0, 0.05) is 76.7 Å². The van der Waals surface area contributed by atoms with E-state index in [-0.39, 0.29) is 24.3 Å². The second-order valence-electron chi connectivity index (χ2n) is 19.1. The average Bonchev–Trinajstić information content (AvgIpc) is 4.16. The van der Waals surface area contributed by atoms with Gasteiger partial charge in [-0.3, -0.25) is 30.6 Å². The summed E-state index contributed by atoms with van der Waals surface area (Å²) in [5, 5.41) is 22.1. The summed E-state index contributed by atoms with van der Waals surface area (Å²) < 4.78 is 17.9. The Morgan fingerprint density at radius 1 is 0.648 bits per heavy atom. The van der Waals surface area contributed by atoms with Crippen LogP contribution in [-0.2, 0) is 41.3 Å². The zero-order valence-electron chi connectivity index (χ0n) is 40.7. The molecule has 6 aromatic heterocycles. The highest BCUT2D eigenvalue weighted by atomic mass is 32.1. The number of rotatable bonds is 16. The Bertz CT molecular complexity index is 3130. The van der Waals surface area contributed by atoms with Crippen LogP contribution in [0.2, 0.25) is 0 Å². The zero-order chi connectivity index (χ0) is 50.3. The third kappa shape index (κ3) is 13.2. The van der Waals surface area contributed by atoms with Crippen molar-refractivity contribution in [3.8, 4) is 11.4 Å². The molecular formula is C52H56FN13O3S2. The van der Waals surface area contributed by atoms with Gasteiger partial charge in [0.15, 0.2) is 10.3 Å². The molecule has 0 fully saturated rings. The van der Waals surface area contributed by atoms with E-state index in [1.54, 1.807) is 53.9 Å². The van der Waals surface area contributed by atoms with E-state index >= 15 is 0 Å². The van der Waals surface area contributed by atoms with Crippen LogP contribution >= 0.6 is 22.7 Å². The Balaban J connectivity index is 0.911. The summed E-state index contributed by atoms with van der Waals surface area (Å²) in [6.07, 6.45) is 11.3. The molecule has 71 heavy (non-hydrogen) atoms. The molecule has 0 saturated heterocycles. The molecular weight excluding hydrogens is 938 g/mol. The largest absolute Gasteiger partial charge is 0.329 e. The number of pyridine rings is 2. The Morgan fingerprint density at radius 3 is 1.96 bits per heavy atom. The van der Waals surface area contributed by atoms with Crippen LogP contribution in [0.5, 0.6) is 0 Å². The summed E-state index contributed by atoms with van der Waals surface area (Å²) in [6, 6.07) is 24.2. The van der Waals surface area contributed by atoms with Gasteiger partial charge in [0.25, 0.3) is 0 Å². The number of carbonyl (C=O) groups excluding carboxylic acids is 3. The van der Waals surface area contributed by atoms with Crippen molar-refractivity contribution in [1.82, 2.24) is 39.5 Å². The van der Waals surface area contributed by atoms with Gasteiger partial charge in [0.1, 0.15) is 23.3 Å². The third-order valence-corrected chi connectivity index (χ3v) is 13.2. The van der Waals surface area contributed by atoms with Gasteiger partial charge in [-0.2, -0.15) is 10.2 Å². The number of nitrogens with one attached hydrogen (secondary N) is 4. The zero-order valence-corrected chi connectivity index (χ0v) is 42.3. The lowest BCUT2D eigenvalue weighted by Gasteiger charge is -2.23. The molecule has 19 heteroatoms. The van der Waals surface area contributed by atoms with Crippen molar-refractivity contribution < 1.29 is 18.8 Å². The van der Waals surface area contributed by atoms with Gasteiger partial charge in [-0.25, -0.2) is 38.3 Å². The van der Waals surface area contributed by atoms with Gasteiger partial charge in [0.05, 0.1) is 22.8 Å². The molecule has 6 heterocycles. The van der Waals surface area contributed by atoms with Crippen LogP contribution in [0.3, 0.4) is 0 Å². The highest BCUT2D eigenvalue weighted by molar-refractivity contribution is 7.16. The molecule has 4 N–H and O–H groups in total. The minimum atomic E-state index is -0.534. The fourth-order valence-corrected chi connectivity index (χ4v) is 8.94. The number of anilines is 5. The Labute approximate surface area is 419 Å². The number of urea groups is 2. The second-order valence-corrected chi connectivity index (χ2v) is 21.3. The molecule has 366 valence electrons. The summed E-state index contributed by atoms with van der Waals surface area (Å²) in [6.45, 7) is 14.2. The maximum Gasteiger partial charge on any atom is 0.329 e. The first kappa shape index (κ1) is 49.8. The molecule has 8 rings (SSSR count). The summed E-state index contributed by atoms with van der Waals surface area (Å²) in [4.78, 5) is 62.1. The minimum absolute atomic E-state index is 0.0592. The van der Waals surface area contributed by atoms with Crippen LogP contribution in [-0.4, -0.2) is 64.0 Å².